The number of carbonyl (C=O) groups is 2. The Morgan fingerprint density at radius 3 is 2.03 bits per heavy atom. The maximum absolute atomic E-state index is 13.1. The molecule has 4 rings (SSSR count). The van der Waals surface area contributed by atoms with E-state index >= 15 is 0 Å². The molecule has 1 unspecified atom stereocenters. The van der Waals surface area contributed by atoms with Crippen LogP contribution < -0.4 is 10.6 Å². The molecule has 0 aliphatic carbocycles. The summed E-state index contributed by atoms with van der Waals surface area (Å²) in [4.78, 5) is 25.7. The smallest absolute Gasteiger partial charge is 0.249 e. The van der Waals surface area contributed by atoms with Crippen molar-refractivity contribution in [1.82, 2.24) is 15.5 Å². The van der Waals surface area contributed by atoms with Gasteiger partial charge in [-0.15, -0.1) is 10.2 Å². The molecule has 7 heteroatoms. The van der Waals surface area contributed by atoms with Gasteiger partial charge in [-0.2, -0.15) is 0 Å². The molecule has 160 valence electrons. The van der Waals surface area contributed by atoms with E-state index in [9.17, 15) is 9.59 Å². The number of rotatable bonds is 8. The summed E-state index contributed by atoms with van der Waals surface area (Å²) in [5.41, 5.74) is 2.78. The fourth-order valence-electron chi connectivity index (χ4n) is 3.25. The summed E-state index contributed by atoms with van der Waals surface area (Å²) in [5, 5.41) is 15.1. The van der Waals surface area contributed by atoms with Crippen LogP contribution in [0.2, 0.25) is 0 Å². The molecule has 32 heavy (non-hydrogen) atoms. The topological polar surface area (TPSA) is 84.0 Å². The number of nitrogens with one attached hydrogen (secondary N) is 2. The van der Waals surface area contributed by atoms with Crippen LogP contribution >= 0.6 is 11.3 Å². The van der Waals surface area contributed by atoms with Gasteiger partial charge in [-0.25, -0.2) is 0 Å². The van der Waals surface area contributed by atoms with Gasteiger partial charge in [0, 0.05) is 12.0 Å². The average molecular weight is 443 g/mol. The highest BCUT2D eigenvalue weighted by Crippen LogP contribution is 2.26. The molecule has 0 saturated heterocycles. The second-order valence-electron chi connectivity index (χ2n) is 7.24. The van der Waals surface area contributed by atoms with Gasteiger partial charge in [0.25, 0.3) is 0 Å². The molecule has 4 aromatic rings. The van der Waals surface area contributed by atoms with Crippen molar-refractivity contribution in [3.05, 3.63) is 102 Å². The van der Waals surface area contributed by atoms with Gasteiger partial charge in [0.15, 0.2) is 0 Å². The van der Waals surface area contributed by atoms with E-state index in [0.717, 1.165) is 16.7 Å². The van der Waals surface area contributed by atoms with E-state index < -0.39 is 6.04 Å². The lowest BCUT2D eigenvalue weighted by Gasteiger charge is -2.18. The van der Waals surface area contributed by atoms with Crippen LogP contribution in [-0.2, 0) is 22.4 Å². The maximum atomic E-state index is 13.1. The van der Waals surface area contributed by atoms with Crippen molar-refractivity contribution >= 4 is 28.3 Å². The van der Waals surface area contributed by atoms with Gasteiger partial charge < -0.3 is 5.32 Å². The number of hydrogen-bond acceptors (Lipinski definition) is 5. The molecule has 1 heterocycles. The Balaban J connectivity index is 1.46. The molecule has 1 aromatic heterocycles. The van der Waals surface area contributed by atoms with Gasteiger partial charge >= 0.3 is 0 Å². The van der Waals surface area contributed by atoms with Gasteiger partial charge in [-0.3, -0.25) is 14.9 Å². The zero-order chi connectivity index (χ0) is 22.2. The van der Waals surface area contributed by atoms with Crippen molar-refractivity contribution in [3.8, 4) is 10.6 Å². The molecular weight excluding hydrogens is 420 g/mol. The first-order chi connectivity index (χ1) is 15.7. The highest BCUT2D eigenvalue weighted by molar-refractivity contribution is 7.18. The molecular formula is C25H22N4O2S. The summed E-state index contributed by atoms with van der Waals surface area (Å²) in [6.45, 7) is 0. The number of amides is 2. The summed E-state index contributed by atoms with van der Waals surface area (Å²) in [5.74, 6) is -0.541. The Hall–Kier alpha value is -3.84. The second-order valence-corrected chi connectivity index (χ2v) is 8.22. The number of anilines is 1. The van der Waals surface area contributed by atoms with Crippen LogP contribution in [0.15, 0.2) is 91.0 Å². The zero-order valence-electron chi connectivity index (χ0n) is 17.3. The lowest BCUT2D eigenvalue weighted by molar-refractivity contribution is -0.126. The van der Waals surface area contributed by atoms with E-state index in [1.54, 1.807) is 0 Å². The number of nitrogens with zero attached hydrogens (tertiary/aromatic N) is 2. The largest absolute Gasteiger partial charge is 0.344 e. The van der Waals surface area contributed by atoms with Crippen LogP contribution in [0.3, 0.4) is 0 Å². The van der Waals surface area contributed by atoms with Crippen molar-refractivity contribution in [2.24, 2.45) is 0 Å². The Morgan fingerprint density at radius 2 is 1.38 bits per heavy atom. The van der Waals surface area contributed by atoms with E-state index in [4.69, 9.17) is 0 Å². The Labute approximate surface area is 190 Å². The molecule has 0 bridgehead atoms. The summed E-state index contributed by atoms with van der Waals surface area (Å²) in [6, 6.07) is 28.0. The summed E-state index contributed by atoms with van der Waals surface area (Å²) in [7, 11) is 0. The van der Waals surface area contributed by atoms with E-state index in [0.29, 0.717) is 16.6 Å². The van der Waals surface area contributed by atoms with E-state index in [1.807, 2.05) is 91.0 Å². The first-order valence-corrected chi connectivity index (χ1v) is 11.1. The van der Waals surface area contributed by atoms with Crippen molar-refractivity contribution in [2.75, 3.05) is 5.32 Å². The zero-order valence-corrected chi connectivity index (χ0v) is 18.1. The molecule has 3 aromatic carbocycles. The highest BCUT2D eigenvalue weighted by atomic mass is 32.1. The molecule has 0 fully saturated rings. The minimum atomic E-state index is -0.738. The third-order valence-corrected chi connectivity index (χ3v) is 5.71. The third kappa shape index (κ3) is 5.86. The standard InChI is InChI=1S/C25H22N4O2S/c30-22(17-19-12-6-2-7-13-19)26-21(16-18-10-4-1-5-11-18)23(31)27-25-29-28-24(32-25)20-14-8-3-9-15-20/h1-15,21H,16-17H2,(H,26,30)(H,27,29,31). The van der Waals surface area contributed by atoms with Crippen LogP contribution in [0.4, 0.5) is 5.13 Å². The highest BCUT2D eigenvalue weighted by Gasteiger charge is 2.23. The SMILES string of the molecule is O=C(Cc1ccccc1)NC(Cc1ccccc1)C(=O)Nc1nnc(-c2ccccc2)s1. The van der Waals surface area contributed by atoms with Crippen molar-refractivity contribution < 1.29 is 9.59 Å². The fourth-order valence-corrected chi connectivity index (χ4v) is 4.00. The van der Waals surface area contributed by atoms with Gasteiger partial charge in [-0.05, 0) is 11.1 Å². The maximum Gasteiger partial charge on any atom is 0.249 e. The third-order valence-electron chi connectivity index (χ3n) is 4.82. The molecule has 0 aliphatic rings. The molecule has 0 spiro atoms. The minimum absolute atomic E-state index is 0.205. The van der Waals surface area contributed by atoms with Gasteiger partial charge in [0.05, 0.1) is 6.42 Å². The number of benzene rings is 3. The Kier molecular flexibility index (Phi) is 6.99. The van der Waals surface area contributed by atoms with Crippen molar-refractivity contribution in [1.29, 1.82) is 0 Å². The first kappa shape index (κ1) is 21.4. The number of carbonyl (C=O) groups excluding carboxylic acids is 2. The Morgan fingerprint density at radius 1 is 0.781 bits per heavy atom. The van der Waals surface area contributed by atoms with E-state index in [1.165, 1.54) is 11.3 Å². The lowest BCUT2D eigenvalue weighted by atomic mass is 10.0. The average Bonchev–Trinajstić information content (AvgIpc) is 3.29. The molecule has 2 amide bonds. The first-order valence-electron chi connectivity index (χ1n) is 10.2. The summed E-state index contributed by atoms with van der Waals surface area (Å²) >= 11 is 1.29. The van der Waals surface area contributed by atoms with Gasteiger partial charge in [0.1, 0.15) is 11.0 Å². The fraction of sp³-hybridized carbons (Fsp3) is 0.120. The minimum Gasteiger partial charge on any atom is -0.344 e. The van der Waals surface area contributed by atoms with Crippen molar-refractivity contribution in [3.63, 3.8) is 0 Å². The predicted molar refractivity (Wildman–Crippen MR) is 126 cm³/mol. The van der Waals surface area contributed by atoms with Gasteiger partial charge in [0.2, 0.25) is 16.9 Å². The molecule has 1 atom stereocenters. The molecule has 2 N–H and O–H groups in total. The van der Waals surface area contributed by atoms with Crippen molar-refractivity contribution in [2.45, 2.75) is 18.9 Å². The van der Waals surface area contributed by atoms with E-state index in [2.05, 4.69) is 20.8 Å². The molecule has 0 radical (unpaired) electrons. The van der Waals surface area contributed by atoms with Crippen LogP contribution in [0.25, 0.3) is 10.6 Å². The predicted octanol–water partition coefficient (Wildman–Crippen LogP) is 4.11. The molecule has 0 saturated carbocycles. The van der Waals surface area contributed by atoms with Gasteiger partial charge in [-0.1, -0.05) is 102 Å². The Bertz CT molecular complexity index is 1160. The summed E-state index contributed by atoms with van der Waals surface area (Å²) in [6.07, 6.45) is 0.577. The number of hydrogen-bond donors (Lipinski definition) is 2. The normalized spacial score (nSPS) is 11.5. The molecule has 0 aliphatic heterocycles. The van der Waals surface area contributed by atoms with Crippen LogP contribution in [0.5, 0.6) is 0 Å². The number of aromatic nitrogens is 2. The van der Waals surface area contributed by atoms with E-state index in [-0.39, 0.29) is 18.2 Å². The molecule has 6 nitrogen and oxygen atoms in total. The van der Waals surface area contributed by atoms with Crippen LogP contribution in [0.1, 0.15) is 11.1 Å². The summed E-state index contributed by atoms with van der Waals surface area (Å²) < 4.78 is 0. The quantitative estimate of drug-likeness (QED) is 0.430. The van der Waals surface area contributed by atoms with Crippen LogP contribution in [0, 0.1) is 0 Å². The monoisotopic (exact) mass is 442 g/mol. The second kappa shape index (κ2) is 10.5. The lowest BCUT2D eigenvalue weighted by Crippen LogP contribution is -2.45. The van der Waals surface area contributed by atoms with Crippen LogP contribution in [-0.4, -0.2) is 28.1 Å².